The van der Waals surface area contributed by atoms with Gasteiger partial charge >= 0.3 is 0 Å². The largest absolute Gasteiger partial charge is 0.486 e. The molecule has 1 aliphatic rings. The zero-order valence-corrected chi connectivity index (χ0v) is 16.3. The number of aryl methyl sites for hydroxylation is 1. The van der Waals surface area contributed by atoms with E-state index in [1.807, 2.05) is 31.2 Å². The summed E-state index contributed by atoms with van der Waals surface area (Å²) in [6, 6.07) is 12.4. The molecule has 0 radical (unpaired) electrons. The van der Waals surface area contributed by atoms with Crippen LogP contribution in [-0.4, -0.2) is 49.6 Å². The number of hydrogen-bond acceptors (Lipinski definition) is 5. The van der Waals surface area contributed by atoms with Crippen molar-refractivity contribution < 1.29 is 19.1 Å². The number of anilines is 2. The van der Waals surface area contributed by atoms with Crippen LogP contribution in [0.3, 0.4) is 0 Å². The van der Waals surface area contributed by atoms with E-state index in [2.05, 4.69) is 10.6 Å². The monoisotopic (exact) mass is 383 g/mol. The molecule has 2 aromatic rings. The van der Waals surface area contributed by atoms with Gasteiger partial charge in [-0.1, -0.05) is 17.7 Å². The molecule has 2 N–H and O–H groups in total. The molecule has 148 valence electrons. The average molecular weight is 383 g/mol. The van der Waals surface area contributed by atoms with Crippen LogP contribution in [0.25, 0.3) is 0 Å². The van der Waals surface area contributed by atoms with Gasteiger partial charge in [-0.3, -0.25) is 14.5 Å². The first kappa shape index (κ1) is 19.7. The van der Waals surface area contributed by atoms with Crippen LogP contribution >= 0.6 is 0 Å². The Morgan fingerprint density at radius 3 is 2.36 bits per heavy atom. The van der Waals surface area contributed by atoms with E-state index in [-0.39, 0.29) is 18.4 Å². The smallest absolute Gasteiger partial charge is 0.241 e. The molecular formula is C21H25N3O4. The molecule has 3 rings (SSSR count). The van der Waals surface area contributed by atoms with E-state index in [0.29, 0.717) is 30.4 Å². The summed E-state index contributed by atoms with van der Waals surface area (Å²) < 4.78 is 11.0. The molecule has 7 nitrogen and oxygen atoms in total. The highest BCUT2D eigenvalue weighted by molar-refractivity contribution is 5.96. The Balaban J connectivity index is 1.53. The maximum absolute atomic E-state index is 12.5. The van der Waals surface area contributed by atoms with Crippen molar-refractivity contribution in [2.75, 3.05) is 37.4 Å². The molecule has 1 atom stereocenters. The first-order valence-electron chi connectivity index (χ1n) is 9.19. The summed E-state index contributed by atoms with van der Waals surface area (Å²) in [5.74, 6) is 0.900. The zero-order valence-electron chi connectivity index (χ0n) is 16.3. The Morgan fingerprint density at radius 1 is 1.00 bits per heavy atom. The van der Waals surface area contributed by atoms with Gasteiger partial charge in [0.15, 0.2) is 11.5 Å². The third kappa shape index (κ3) is 5.01. The number of hydrogen-bond donors (Lipinski definition) is 2. The molecule has 0 saturated carbocycles. The number of amides is 2. The predicted molar refractivity (Wildman–Crippen MR) is 108 cm³/mol. The number of carbonyl (C=O) groups is 2. The van der Waals surface area contributed by atoms with Crippen molar-refractivity contribution in [3.8, 4) is 11.5 Å². The second-order valence-electron chi connectivity index (χ2n) is 6.85. The van der Waals surface area contributed by atoms with E-state index >= 15 is 0 Å². The molecule has 1 heterocycles. The van der Waals surface area contributed by atoms with Crippen LogP contribution in [0.2, 0.25) is 0 Å². The molecular weight excluding hydrogens is 358 g/mol. The van der Waals surface area contributed by atoms with E-state index in [0.717, 1.165) is 11.3 Å². The quantitative estimate of drug-likeness (QED) is 0.802. The average Bonchev–Trinajstić information content (AvgIpc) is 2.69. The minimum absolute atomic E-state index is 0.101. The summed E-state index contributed by atoms with van der Waals surface area (Å²) in [5.41, 5.74) is 2.48. The molecule has 0 saturated heterocycles. The normalized spacial score (nSPS) is 13.7. The number of ether oxygens (including phenoxy) is 2. The summed E-state index contributed by atoms with van der Waals surface area (Å²) in [6.07, 6.45) is 0. The third-order valence-corrected chi connectivity index (χ3v) is 4.58. The summed E-state index contributed by atoms with van der Waals surface area (Å²) in [7, 11) is 1.74. The van der Waals surface area contributed by atoms with Crippen molar-refractivity contribution in [2.45, 2.75) is 19.9 Å². The molecule has 0 fully saturated rings. The van der Waals surface area contributed by atoms with Crippen molar-refractivity contribution in [1.29, 1.82) is 0 Å². The van der Waals surface area contributed by atoms with E-state index < -0.39 is 6.04 Å². The van der Waals surface area contributed by atoms with Crippen LogP contribution in [0.1, 0.15) is 12.5 Å². The molecule has 7 heteroatoms. The highest BCUT2D eigenvalue weighted by Gasteiger charge is 2.21. The third-order valence-electron chi connectivity index (χ3n) is 4.58. The Hall–Kier alpha value is -3.06. The van der Waals surface area contributed by atoms with E-state index in [1.165, 1.54) is 0 Å². The second-order valence-corrected chi connectivity index (χ2v) is 6.85. The van der Waals surface area contributed by atoms with Crippen LogP contribution in [0.5, 0.6) is 11.5 Å². The Kier molecular flexibility index (Phi) is 6.16. The van der Waals surface area contributed by atoms with Gasteiger partial charge in [-0.15, -0.1) is 0 Å². The minimum atomic E-state index is -0.489. The fourth-order valence-corrected chi connectivity index (χ4v) is 2.77. The fourth-order valence-electron chi connectivity index (χ4n) is 2.77. The Morgan fingerprint density at radius 2 is 1.64 bits per heavy atom. The molecule has 28 heavy (non-hydrogen) atoms. The van der Waals surface area contributed by atoms with Crippen LogP contribution in [0, 0.1) is 6.92 Å². The summed E-state index contributed by atoms with van der Waals surface area (Å²) in [5, 5.41) is 5.69. The predicted octanol–water partition coefficient (Wildman–Crippen LogP) is 2.66. The first-order valence-corrected chi connectivity index (χ1v) is 9.19. The topological polar surface area (TPSA) is 79.9 Å². The van der Waals surface area contributed by atoms with Crippen LogP contribution in [0.15, 0.2) is 42.5 Å². The summed E-state index contributed by atoms with van der Waals surface area (Å²) >= 11 is 0. The number of fused-ring (bicyclic) bond motifs is 1. The molecule has 0 spiro atoms. The van der Waals surface area contributed by atoms with Gasteiger partial charge in [-0.25, -0.2) is 0 Å². The fraction of sp³-hybridized carbons (Fsp3) is 0.333. The first-order chi connectivity index (χ1) is 13.4. The Labute approximate surface area is 164 Å². The molecule has 0 aliphatic carbocycles. The molecule has 0 aromatic heterocycles. The van der Waals surface area contributed by atoms with Crippen LogP contribution in [-0.2, 0) is 9.59 Å². The van der Waals surface area contributed by atoms with Crippen molar-refractivity contribution in [3.63, 3.8) is 0 Å². The lowest BCUT2D eigenvalue weighted by Gasteiger charge is -2.24. The van der Waals surface area contributed by atoms with Crippen LogP contribution in [0.4, 0.5) is 11.4 Å². The number of carbonyl (C=O) groups excluding carboxylic acids is 2. The van der Waals surface area contributed by atoms with Crippen molar-refractivity contribution in [3.05, 3.63) is 48.0 Å². The number of nitrogens with zero attached hydrogens (tertiary/aromatic N) is 1. The van der Waals surface area contributed by atoms with Gasteiger partial charge in [-0.2, -0.15) is 0 Å². The Bertz CT molecular complexity index is 851. The highest BCUT2D eigenvalue weighted by Crippen LogP contribution is 2.32. The molecule has 2 aromatic carbocycles. The van der Waals surface area contributed by atoms with Crippen molar-refractivity contribution in [2.24, 2.45) is 0 Å². The summed E-state index contributed by atoms with van der Waals surface area (Å²) in [4.78, 5) is 26.5. The number of nitrogens with one attached hydrogen (secondary N) is 2. The molecule has 0 unspecified atom stereocenters. The van der Waals surface area contributed by atoms with Gasteiger partial charge in [0.25, 0.3) is 0 Å². The molecule has 1 aliphatic heterocycles. The zero-order chi connectivity index (χ0) is 20.1. The second kappa shape index (κ2) is 8.75. The standard InChI is InChI=1S/C21H25N3O4/c1-14-4-6-16(7-5-14)22-20(25)13-24(3)15(2)21(26)23-17-8-9-18-19(12-17)28-11-10-27-18/h4-9,12,15H,10-11,13H2,1-3H3,(H,22,25)(H,23,26)/t15-/m1/s1. The van der Waals surface area contributed by atoms with E-state index in [4.69, 9.17) is 9.47 Å². The highest BCUT2D eigenvalue weighted by atomic mass is 16.6. The maximum atomic E-state index is 12.5. The minimum Gasteiger partial charge on any atom is -0.486 e. The van der Waals surface area contributed by atoms with Crippen LogP contribution < -0.4 is 20.1 Å². The van der Waals surface area contributed by atoms with Crippen molar-refractivity contribution in [1.82, 2.24) is 4.90 Å². The van der Waals surface area contributed by atoms with Gasteiger partial charge in [0, 0.05) is 17.4 Å². The van der Waals surface area contributed by atoms with E-state index in [9.17, 15) is 9.59 Å². The van der Waals surface area contributed by atoms with Gasteiger partial charge < -0.3 is 20.1 Å². The lowest BCUT2D eigenvalue weighted by Crippen LogP contribution is -2.43. The molecule has 2 amide bonds. The van der Waals surface area contributed by atoms with E-state index in [1.54, 1.807) is 37.1 Å². The number of rotatable bonds is 6. The van der Waals surface area contributed by atoms with Gasteiger partial charge in [0.05, 0.1) is 12.6 Å². The number of likely N-dealkylation sites (N-methyl/N-ethyl adjacent to an activating group) is 1. The van der Waals surface area contributed by atoms with Gasteiger partial charge in [-0.05, 0) is 45.2 Å². The van der Waals surface area contributed by atoms with Crippen molar-refractivity contribution >= 4 is 23.2 Å². The van der Waals surface area contributed by atoms with Gasteiger partial charge in [0.2, 0.25) is 11.8 Å². The lowest BCUT2D eigenvalue weighted by atomic mass is 10.2. The number of benzene rings is 2. The summed E-state index contributed by atoms with van der Waals surface area (Å²) in [6.45, 7) is 4.85. The molecule has 0 bridgehead atoms. The maximum Gasteiger partial charge on any atom is 0.241 e. The SMILES string of the molecule is Cc1ccc(NC(=O)CN(C)[C@H](C)C(=O)Nc2ccc3c(c2)OCCO3)cc1. The van der Waals surface area contributed by atoms with Gasteiger partial charge in [0.1, 0.15) is 13.2 Å². The lowest BCUT2D eigenvalue weighted by molar-refractivity contribution is -0.122.